The molecule has 1 saturated heterocycles. The van der Waals surface area contributed by atoms with E-state index in [4.69, 9.17) is 0 Å². The predicted molar refractivity (Wildman–Crippen MR) is 123 cm³/mol. The van der Waals surface area contributed by atoms with Crippen molar-refractivity contribution in [1.82, 2.24) is 4.90 Å². The first kappa shape index (κ1) is 21.1. The maximum Gasteiger partial charge on any atom is 0.263 e. The fourth-order valence-corrected chi connectivity index (χ4v) is 5.81. The lowest BCUT2D eigenvalue weighted by Gasteiger charge is -2.33. The average Bonchev–Trinajstić information content (AvgIpc) is 3.17. The van der Waals surface area contributed by atoms with Crippen LogP contribution in [-0.2, 0) is 17.6 Å². The highest BCUT2D eigenvalue weighted by atomic mass is 32.1. The van der Waals surface area contributed by atoms with Gasteiger partial charge in [-0.3, -0.25) is 9.59 Å². The lowest BCUT2D eigenvalue weighted by atomic mass is 9.72. The van der Waals surface area contributed by atoms with Gasteiger partial charge >= 0.3 is 0 Å². The minimum absolute atomic E-state index is 0.0293. The molecular weight excluding hydrogens is 392 g/mol. The van der Waals surface area contributed by atoms with Gasteiger partial charge in [0.1, 0.15) is 0 Å². The number of piperidine rings is 1. The van der Waals surface area contributed by atoms with Crippen LogP contribution in [0.3, 0.4) is 0 Å². The van der Waals surface area contributed by atoms with Crippen LogP contribution >= 0.6 is 11.3 Å². The highest BCUT2D eigenvalue weighted by Gasteiger charge is 2.32. The molecule has 2 aliphatic rings. The molecule has 5 heteroatoms. The van der Waals surface area contributed by atoms with Crippen molar-refractivity contribution >= 4 is 28.8 Å². The second-order valence-electron chi connectivity index (χ2n) is 9.79. The fraction of sp³-hybridized carbons (Fsp3) is 0.520. The first-order chi connectivity index (χ1) is 14.3. The van der Waals surface area contributed by atoms with Gasteiger partial charge in [-0.15, -0.1) is 11.3 Å². The van der Waals surface area contributed by atoms with Crippen molar-refractivity contribution in [3.63, 3.8) is 0 Å². The Bertz CT molecular complexity index is 905. The summed E-state index contributed by atoms with van der Waals surface area (Å²) < 4.78 is 0. The van der Waals surface area contributed by atoms with Crippen molar-refractivity contribution in [1.29, 1.82) is 0 Å². The van der Waals surface area contributed by atoms with Crippen LogP contribution in [0.1, 0.15) is 60.1 Å². The summed E-state index contributed by atoms with van der Waals surface area (Å²) >= 11 is 1.69. The van der Waals surface area contributed by atoms with Gasteiger partial charge < -0.3 is 10.2 Å². The summed E-state index contributed by atoms with van der Waals surface area (Å²) in [5, 5.41) is 3.00. The number of hydrogen-bond acceptors (Lipinski definition) is 3. The number of aryl methyl sites for hydroxylation is 1. The first-order valence-corrected chi connectivity index (χ1v) is 11.9. The Balaban J connectivity index is 1.34. The molecule has 4 rings (SSSR count). The molecule has 1 unspecified atom stereocenters. The maximum atomic E-state index is 13.1. The quantitative estimate of drug-likeness (QED) is 0.718. The number of amides is 2. The van der Waals surface area contributed by atoms with E-state index < -0.39 is 0 Å². The second-order valence-corrected chi connectivity index (χ2v) is 10.9. The van der Waals surface area contributed by atoms with Crippen molar-refractivity contribution in [2.24, 2.45) is 17.3 Å². The molecule has 0 bridgehead atoms. The summed E-state index contributed by atoms with van der Waals surface area (Å²) in [5.74, 6) is 0.858. The van der Waals surface area contributed by atoms with Crippen molar-refractivity contribution in [2.75, 3.05) is 18.4 Å². The zero-order valence-electron chi connectivity index (χ0n) is 18.2. The number of nitrogens with one attached hydrogen (secondary N) is 1. The van der Waals surface area contributed by atoms with E-state index in [-0.39, 0.29) is 17.7 Å². The van der Waals surface area contributed by atoms with Gasteiger partial charge in [0.05, 0.1) is 4.88 Å². The number of anilines is 1. The van der Waals surface area contributed by atoms with Crippen LogP contribution in [0.25, 0.3) is 0 Å². The van der Waals surface area contributed by atoms with E-state index in [9.17, 15) is 9.59 Å². The fourth-order valence-electron chi connectivity index (χ4n) is 4.63. The Labute approximate surface area is 183 Å². The van der Waals surface area contributed by atoms with Gasteiger partial charge in [-0.2, -0.15) is 0 Å². The normalized spacial score (nSPS) is 20.0. The molecule has 1 N–H and O–H groups in total. The molecule has 2 aromatic rings. The van der Waals surface area contributed by atoms with Gasteiger partial charge in [0.25, 0.3) is 5.91 Å². The number of likely N-dealkylation sites (tertiary alicyclic amines) is 1. The molecule has 160 valence electrons. The number of hydrogen-bond donors (Lipinski definition) is 1. The number of nitrogens with zero attached hydrogens (tertiary/aromatic N) is 1. The first-order valence-electron chi connectivity index (χ1n) is 11.1. The lowest BCUT2D eigenvalue weighted by Crippen LogP contribution is -2.41. The van der Waals surface area contributed by atoms with Crippen molar-refractivity contribution in [3.8, 4) is 0 Å². The molecule has 1 fully saturated rings. The molecule has 1 aliphatic carbocycles. The number of carbonyl (C=O) groups is 2. The van der Waals surface area contributed by atoms with Crippen LogP contribution in [-0.4, -0.2) is 29.8 Å². The molecule has 4 nitrogen and oxygen atoms in total. The summed E-state index contributed by atoms with van der Waals surface area (Å²) in [6, 6.07) is 11.7. The Morgan fingerprint density at radius 3 is 2.43 bits per heavy atom. The molecule has 30 heavy (non-hydrogen) atoms. The van der Waals surface area contributed by atoms with Crippen LogP contribution < -0.4 is 5.32 Å². The van der Waals surface area contributed by atoms with Gasteiger partial charge in [-0.1, -0.05) is 39.0 Å². The van der Waals surface area contributed by atoms with Crippen molar-refractivity contribution < 1.29 is 9.59 Å². The molecule has 1 aromatic carbocycles. The summed E-state index contributed by atoms with van der Waals surface area (Å²) in [4.78, 5) is 29.9. The van der Waals surface area contributed by atoms with E-state index in [1.807, 2.05) is 35.2 Å². The van der Waals surface area contributed by atoms with Gasteiger partial charge in [0.2, 0.25) is 5.91 Å². The van der Waals surface area contributed by atoms with Gasteiger partial charge in [0, 0.05) is 29.6 Å². The Hall–Kier alpha value is -2.14. The van der Waals surface area contributed by atoms with Crippen LogP contribution in [0.15, 0.2) is 36.4 Å². The standard InChI is InChI=1S/C25H32N2O2S/c1-25(2,3)19-9-10-21-18(15-19)16-22(30-21)24(29)27-13-11-17(12-14-27)23(28)26-20-7-5-4-6-8-20/h4-8,16-17,19H,9-15H2,1-3H3,(H,26,28). The summed E-state index contributed by atoms with van der Waals surface area (Å²) in [7, 11) is 0. The SMILES string of the molecule is CC(C)(C)C1CCc2sc(C(=O)N3CCC(C(=O)Nc4ccccc4)CC3)cc2C1. The van der Waals surface area contributed by atoms with E-state index in [1.54, 1.807) is 11.3 Å². The van der Waals surface area contributed by atoms with E-state index in [0.29, 0.717) is 24.4 Å². The van der Waals surface area contributed by atoms with E-state index in [0.717, 1.165) is 36.2 Å². The number of fused-ring (bicyclic) bond motifs is 1. The number of benzene rings is 1. The highest BCUT2D eigenvalue weighted by molar-refractivity contribution is 7.14. The van der Waals surface area contributed by atoms with Crippen LogP contribution in [0, 0.1) is 17.3 Å². The Kier molecular flexibility index (Phi) is 6.01. The minimum atomic E-state index is -0.0293. The smallest absolute Gasteiger partial charge is 0.263 e. The molecule has 1 aliphatic heterocycles. The zero-order chi connectivity index (χ0) is 21.3. The van der Waals surface area contributed by atoms with Gasteiger partial charge in [-0.05, 0) is 67.2 Å². The third kappa shape index (κ3) is 4.61. The lowest BCUT2D eigenvalue weighted by molar-refractivity contribution is -0.121. The van der Waals surface area contributed by atoms with E-state index >= 15 is 0 Å². The Morgan fingerprint density at radius 2 is 1.77 bits per heavy atom. The molecule has 0 radical (unpaired) electrons. The number of rotatable bonds is 3. The minimum Gasteiger partial charge on any atom is -0.338 e. The largest absolute Gasteiger partial charge is 0.338 e. The van der Waals surface area contributed by atoms with Gasteiger partial charge in [-0.25, -0.2) is 0 Å². The summed E-state index contributed by atoms with van der Waals surface area (Å²) in [6.45, 7) is 8.26. The molecule has 0 spiro atoms. The summed E-state index contributed by atoms with van der Waals surface area (Å²) in [5.41, 5.74) is 2.52. The monoisotopic (exact) mass is 424 g/mol. The number of carbonyl (C=O) groups excluding carboxylic acids is 2. The molecular formula is C25H32N2O2S. The number of thiophene rings is 1. The molecule has 1 aromatic heterocycles. The van der Waals surface area contributed by atoms with E-state index in [2.05, 4.69) is 32.2 Å². The highest BCUT2D eigenvalue weighted by Crippen LogP contribution is 2.40. The van der Waals surface area contributed by atoms with Crippen LogP contribution in [0.2, 0.25) is 0 Å². The average molecular weight is 425 g/mol. The topological polar surface area (TPSA) is 49.4 Å². The second kappa shape index (κ2) is 8.54. The third-order valence-corrected chi connectivity index (χ3v) is 7.94. The zero-order valence-corrected chi connectivity index (χ0v) is 19.1. The van der Waals surface area contributed by atoms with Crippen LogP contribution in [0.4, 0.5) is 5.69 Å². The van der Waals surface area contributed by atoms with Crippen LogP contribution in [0.5, 0.6) is 0 Å². The Morgan fingerprint density at radius 1 is 1.07 bits per heavy atom. The number of para-hydroxylation sites is 1. The van der Waals surface area contributed by atoms with E-state index in [1.165, 1.54) is 16.9 Å². The molecule has 2 amide bonds. The maximum absolute atomic E-state index is 13.1. The molecule has 2 heterocycles. The van der Waals surface area contributed by atoms with Crippen molar-refractivity contribution in [2.45, 2.75) is 52.9 Å². The third-order valence-electron chi connectivity index (χ3n) is 6.71. The molecule has 0 saturated carbocycles. The summed E-state index contributed by atoms with van der Waals surface area (Å²) in [6.07, 6.45) is 4.84. The predicted octanol–water partition coefficient (Wildman–Crippen LogP) is 5.39. The molecule has 1 atom stereocenters. The van der Waals surface area contributed by atoms with Gasteiger partial charge in [0.15, 0.2) is 0 Å². The van der Waals surface area contributed by atoms with Crippen molar-refractivity contribution in [3.05, 3.63) is 51.7 Å².